The van der Waals surface area contributed by atoms with Crippen molar-refractivity contribution in [3.8, 4) is 5.69 Å². The van der Waals surface area contributed by atoms with Crippen LogP contribution < -0.4 is 5.32 Å². The number of para-hydroxylation sites is 3. The monoisotopic (exact) mass is 323 g/mol. The fourth-order valence-corrected chi connectivity index (χ4v) is 2.73. The number of hydrogen-bond donors (Lipinski definition) is 2. The largest absolute Gasteiger partial charge is 0.394 e. The Morgan fingerprint density at radius 3 is 2.62 bits per heavy atom. The van der Waals surface area contributed by atoms with Crippen LogP contribution in [0.25, 0.3) is 16.7 Å². The number of hydrogen-bond acceptors (Lipinski definition) is 3. The number of rotatable bonds is 6. The predicted octanol–water partition coefficient (Wildman–Crippen LogP) is 2.46. The summed E-state index contributed by atoms with van der Waals surface area (Å²) in [6.07, 6.45) is 0.869. The summed E-state index contributed by atoms with van der Waals surface area (Å²) < 4.78 is 2.10. The third-order valence-corrected chi connectivity index (χ3v) is 3.90. The summed E-state index contributed by atoms with van der Waals surface area (Å²) in [6.45, 7) is 1.71. The van der Waals surface area contributed by atoms with Gasteiger partial charge in [0.2, 0.25) is 5.91 Å². The number of aliphatic hydroxyl groups is 1. The van der Waals surface area contributed by atoms with Crippen LogP contribution in [0.15, 0.2) is 54.6 Å². The van der Waals surface area contributed by atoms with E-state index in [4.69, 9.17) is 10.1 Å². The molecule has 5 heteroatoms. The van der Waals surface area contributed by atoms with Crippen LogP contribution in [0.3, 0.4) is 0 Å². The zero-order valence-corrected chi connectivity index (χ0v) is 13.6. The number of benzene rings is 2. The summed E-state index contributed by atoms with van der Waals surface area (Å²) in [6, 6.07) is 17.8. The fraction of sp³-hybridized carbons (Fsp3) is 0.263. The Kier molecular flexibility index (Phi) is 4.91. The normalized spacial score (nSPS) is 12.2. The van der Waals surface area contributed by atoms with E-state index in [1.165, 1.54) is 0 Å². The molecule has 24 heavy (non-hydrogen) atoms. The molecule has 1 atom stereocenters. The molecule has 3 aromatic rings. The van der Waals surface area contributed by atoms with Crippen molar-refractivity contribution in [2.24, 2.45) is 0 Å². The van der Waals surface area contributed by atoms with Crippen molar-refractivity contribution in [3.63, 3.8) is 0 Å². The quantitative estimate of drug-likeness (QED) is 0.732. The Bertz CT molecular complexity index is 827. The van der Waals surface area contributed by atoms with E-state index in [1.54, 1.807) is 6.92 Å². The lowest BCUT2D eigenvalue weighted by Gasteiger charge is -2.12. The number of aliphatic hydroxyl groups excluding tert-OH is 1. The predicted molar refractivity (Wildman–Crippen MR) is 94.1 cm³/mol. The number of imidazole rings is 1. The molecule has 1 amide bonds. The van der Waals surface area contributed by atoms with Crippen LogP contribution in [0.4, 0.5) is 0 Å². The first kappa shape index (κ1) is 16.2. The van der Waals surface area contributed by atoms with Crippen molar-refractivity contribution in [2.75, 3.05) is 6.61 Å². The summed E-state index contributed by atoms with van der Waals surface area (Å²) >= 11 is 0. The van der Waals surface area contributed by atoms with Gasteiger partial charge in [-0.1, -0.05) is 30.3 Å². The standard InChI is InChI=1S/C19H21N3O2/c1-14(13-23)20-19(24)12-11-18-21-16-9-5-6-10-17(16)22(18)15-7-3-2-4-8-15/h2-10,14,23H,11-13H2,1H3,(H,20,24). The highest BCUT2D eigenvalue weighted by atomic mass is 16.3. The van der Waals surface area contributed by atoms with E-state index >= 15 is 0 Å². The highest BCUT2D eigenvalue weighted by Crippen LogP contribution is 2.22. The number of aryl methyl sites for hydroxylation is 1. The van der Waals surface area contributed by atoms with Gasteiger partial charge in [-0.2, -0.15) is 0 Å². The lowest BCUT2D eigenvalue weighted by Crippen LogP contribution is -2.35. The topological polar surface area (TPSA) is 67.2 Å². The third-order valence-electron chi connectivity index (χ3n) is 3.90. The van der Waals surface area contributed by atoms with Crippen molar-refractivity contribution in [3.05, 3.63) is 60.4 Å². The van der Waals surface area contributed by atoms with E-state index < -0.39 is 0 Å². The van der Waals surface area contributed by atoms with Gasteiger partial charge in [0, 0.05) is 24.6 Å². The van der Waals surface area contributed by atoms with Gasteiger partial charge < -0.3 is 10.4 Å². The van der Waals surface area contributed by atoms with Crippen LogP contribution in [0.5, 0.6) is 0 Å². The number of fused-ring (bicyclic) bond motifs is 1. The van der Waals surface area contributed by atoms with Crippen LogP contribution in [-0.4, -0.2) is 33.2 Å². The lowest BCUT2D eigenvalue weighted by molar-refractivity contribution is -0.121. The molecule has 1 aromatic heterocycles. The second-order valence-corrected chi connectivity index (χ2v) is 5.84. The first-order chi connectivity index (χ1) is 11.7. The SMILES string of the molecule is CC(CO)NC(=O)CCc1nc2ccccc2n1-c1ccccc1. The Labute approximate surface area is 141 Å². The second-order valence-electron chi connectivity index (χ2n) is 5.84. The van der Waals surface area contributed by atoms with E-state index in [2.05, 4.69) is 9.88 Å². The molecule has 0 saturated heterocycles. The van der Waals surface area contributed by atoms with Crippen molar-refractivity contribution < 1.29 is 9.90 Å². The van der Waals surface area contributed by atoms with E-state index in [0.717, 1.165) is 22.5 Å². The summed E-state index contributed by atoms with van der Waals surface area (Å²) in [7, 11) is 0. The maximum absolute atomic E-state index is 12.0. The minimum absolute atomic E-state index is 0.0612. The number of aromatic nitrogens is 2. The Morgan fingerprint density at radius 1 is 1.17 bits per heavy atom. The zero-order chi connectivity index (χ0) is 16.9. The Hall–Kier alpha value is -2.66. The molecule has 1 unspecified atom stereocenters. The Morgan fingerprint density at radius 2 is 1.88 bits per heavy atom. The van der Waals surface area contributed by atoms with Crippen molar-refractivity contribution >= 4 is 16.9 Å². The van der Waals surface area contributed by atoms with E-state index in [9.17, 15) is 4.79 Å². The van der Waals surface area contributed by atoms with Crippen LogP contribution in [-0.2, 0) is 11.2 Å². The van der Waals surface area contributed by atoms with Gasteiger partial charge in [-0.3, -0.25) is 9.36 Å². The second kappa shape index (κ2) is 7.27. The van der Waals surface area contributed by atoms with Gasteiger partial charge in [0.1, 0.15) is 5.82 Å². The highest BCUT2D eigenvalue weighted by molar-refractivity contribution is 5.79. The van der Waals surface area contributed by atoms with Crippen LogP contribution in [0.2, 0.25) is 0 Å². The summed E-state index contributed by atoms with van der Waals surface area (Å²) in [5.74, 6) is 0.775. The van der Waals surface area contributed by atoms with Crippen molar-refractivity contribution in [1.29, 1.82) is 0 Å². The van der Waals surface area contributed by atoms with E-state index in [-0.39, 0.29) is 18.6 Å². The van der Waals surface area contributed by atoms with E-state index in [1.807, 2.05) is 54.6 Å². The number of amides is 1. The maximum atomic E-state index is 12.0. The van der Waals surface area contributed by atoms with Crippen LogP contribution in [0, 0.1) is 0 Å². The first-order valence-corrected chi connectivity index (χ1v) is 8.11. The molecule has 0 radical (unpaired) electrons. The van der Waals surface area contributed by atoms with Crippen LogP contribution >= 0.6 is 0 Å². The van der Waals surface area contributed by atoms with Crippen molar-refractivity contribution in [1.82, 2.24) is 14.9 Å². The first-order valence-electron chi connectivity index (χ1n) is 8.11. The molecular weight excluding hydrogens is 302 g/mol. The number of carbonyl (C=O) groups excluding carboxylic acids is 1. The smallest absolute Gasteiger partial charge is 0.220 e. The molecule has 1 heterocycles. The van der Waals surface area contributed by atoms with Gasteiger partial charge in [0.15, 0.2) is 0 Å². The van der Waals surface area contributed by atoms with Gasteiger partial charge in [-0.25, -0.2) is 4.98 Å². The van der Waals surface area contributed by atoms with Crippen LogP contribution in [0.1, 0.15) is 19.2 Å². The third kappa shape index (κ3) is 3.46. The van der Waals surface area contributed by atoms with Gasteiger partial charge >= 0.3 is 0 Å². The van der Waals surface area contributed by atoms with Crippen molar-refractivity contribution in [2.45, 2.75) is 25.8 Å². The molecule has 0 aliphatic heterocycles. The van der Waals surface area contributed by atoms with Gasteiger partial charge in [-0.15, -0.1) is 0 Å². The summed E-state index contributed by atoms with van der Waals surface area (Å²) in [5.41, 5.74) is 2.98. The molecule has 3 rings (SSSR count). The molecule has 0 fully saturated rings. The van der Waals surface area contributed by atoms with Gasteiger partial charge in [0.05, 0.1) is 17.6 Å². The summed E-state index contributed by atoms with van der Waals surface area (Å²) in [5, 5.41) is 11.8. The average molecular weight is 323 g/mol. The molecular formula is C19H21N3O2. The molecule has 2 aromatic carbocycles. The zero-order valence-electron chi connectivity index (χ0n) is 13.6. The van der Waals surface area contributed by atoms with Gasteiger partial charge in [0.25, 0.3) is 0 Å². The molecule has 0 spiro atoms. The molecule has 2 N–H and O–H groups in total. The fourth-order valence-electron chi connectivity index (χ4n) is 2.73. The molecule has 5 nitrogen and oxygen atoms in total. The Balaban J connectivity index is 1.89. The minimum atomic E-state index is -0.231. The number of nitrogens with one attached hydrogen (secondary N) is 1. The number of nitrogens with zero attached hydrogens (tertiary/aromatic N) is 2. The molecule has 0 aliphatic carbocycles. The maximum Gasteiger partial charge on any atom is 0.220 e. The molecule has 124 valence electrons. The average Bonchev–Trinajstić information content (AvgIpc) is 2.99. The molecule has 0 aliphatic rings. The van der Waals surface area contributed by atoms with E-state index in [0.29, 0.717) is 12.8 Å². The summed E-state index contributed by atoms with van der Waals surface area (Å²) in [4.78, 5) is 16.7. The lowest BCUT2D eigenvalue weighted by atomic mass is 10.2. The molecule has 0 saturated carbocycles. The highest BCUT2D eigenvalue weighted by Gasteiger charge is 2.14. The molecule has 0 bridgehead atoms. The minimum Gasteiger partial charge on any atom is -0.394 e. The van der Waals surface area contributed by atoms with Gasteiger partial charge in [-0.05, 0) is 31.2 Å². The number of carbonyl (C=O) groups is 1.